The Balaban J connectivity index is 0.00000380. The van der Waals surface area contributed by atoms with Crippen molar-refractivity contribution in [3.8, 4) is 0 Å². The van der Waals surface area contributed by atoms with Gasteiger partial charge in [0.1, 0.15) is 0 Å². The highest BCUT2D eigenvalue weighted by molar-refractivity contribution is 5.96. The second kappa shape index (κ2) is 12.4. The number of rotatable bonds is 6. The number of halogens is 1. The van der Waals surface area contributed by atoms with Crippen LogP contribution < -0.4 is 16.0 Å². The molecule has 2 aliphatic rings. The number of amides is 4. The van der Waals surface area contributed by atoms with Gasteiger partial charge in [0.2, 0.25) is 0 Å². The fraction of sp³-hybridized carbons (Fsp3) is 0.464. The molecule has 3 N–H and O–H groups in total. The molecule has 1 saturated heterocycles. The van der Waals surface area contributed by atoms with E-state index in [2.05, 4.69) is 20.9 Å². The average molecular weight is 528 g/mol. The summed E-state index contributed by atoms with van der Waals surface area (Å²) in [6.45, 7) is 9.47. The summed E-state index contributed by atoms with van der Waals surface area (Å²) in [5.74, 6) is -0.0686. The first kappa shape index (κ1) is 28.5. The maximum absolute atomic E-state index is 13.0. The molecule has 4 rings (SSSR count). The minimum absolute atomic E-state index is 0. The van der Waals surface area contributed by atoms with Gasteiger partial charge in [-0.15, -0.1) is 12.4 Å². The number of benzene rings is 2. The van der Waals surface area contributed by atoms with Gasteiger partial charge in [-0.2, -0.15) is 0 Å². The molecule has 2 aromatic rings. The minimum Gasteiger partial charge on any atom is -0.347 e. The molecule has 8 nitrogen and oxygen atoms in total. The van der Waals surface area contributed by atoms with Crippen molar-refractivity contribution < 1.29 is 14.4 Å². The number of hydrogen-bond acceptors (Lipinski definition) is 4. The molecule has 1 saturated carbocycles. The van der Waals surface area contributed by atoms with E-state index in [0.29, 0.717) is 29.9 Å². The average Bonchev–Trinajstić information content (AvgIpc) is 2.81. The molecule has 2 fully saturated rings. The van der Waals surface area contributed by atoms with Crippen molar-refractivity contribution >= 4 is 35.9 Å². The van der Waals surface area contributed by atoms with E-state index in [0.717, 1.165) is 38.0 Å². The minimum atomic E-state index is -0.281. The highest BCUT2D eigenvalue weighted by Crippen LogP contribution is 2.19. The number of hydrogen-bond donors (Lipinski definition) is 3. The molecule has 0 spiro atoms. The van der Waals surface area contributed by atoms with E-state index in [9.17, 15) is 14.4 Å². The van der Waals surface area contributed by atoms with Gasteiger partial charge < -0.3 is 20.9 Å². The smallest absolute Gasteiger partial charge is 0.319 e. The molecule has 0 bridgehead atoms. The van der Waals surface area contributed by atoms with Crippen LogP contribution in [-0.4, -0.2) is 65.4 Å². The Hall–Kier alpha value is -3.10. The van der Waals surface area contributed by atoms with Gasteiger partial charge in [0.05, 0.1) is 0 Å². The van der Waals surface area contributed by atoms with Crippen LogP contribution in [0.15, 0.2) is 48.5 Å². The van der Waals surface area contributed by atoms with Crippen LogP contribution in [0.25, 0.3) is 0 Å². The molecule has 9 heteroatoms. The predicted molar refractivity (Wildman–Crippen MR) is 148 cm³/mol. The van der Waals surface area contributed by atoms with E-state index in [1.165, 1.54) is 6.42 Å². The second-order valence-corrected chi connectivity index (χ2v) is 10.8. The van der Waals surface area contributed by atoms with Crippen LogP contribution in [0.2, 0.25) is 0 Å². The van der Waals surface area contributed by atoms with Crippen molar-refractivity contribution in [1.29, 1.82) is 0 Å². The summed E-state index contributed by atoms with van der Waals surface area (Å²) in [6, 6.07) is 14.9. The summed E-state index contributed by atoms with van der Waals surface area (Å²) >= 11 is 0. The van der Waals surface area contributed by atoms with E-state index < -0.39 is 0 Å². The topological polar surface area (TPSA) is 93.8 Å². The summed E-state index contributed by atoms with van der Waals surface area (Å²) in [6.07, 6.45) is 3.24. The molecule has 1 aliphatic carbocycles. The van der Waals surface area contributed by atoms with Crippen LogP contribution in [0.3, 0.4) is 0 Å². The first-order chi connectivity index (χ1) is 17.2. The molecule has 2 aromatic carbocycles. The number of nitrogens with one attached hydrogen (secondary N) is 3. The zero-order chi connectivity index (χ0) is 25.7. The first-order valence-corrected chi connectivity index (χ1v) is 12.8. The molecular formula is C28H38ClN5O3. The van der Waals surface area contributed by atoms with Crippen LogP contribution in [0.5, 0.6) is 0 Å². The van der Waals surface area contributed by atoms with E-state index in [4.69, 9.17) is 0 Å². The van der Waals surface area contributed by atoms with Gasteiger partial charge in [-0.05, 0) is 82.0 Å². The lowest BCUT2D eigenvalue weighted by atomic mass is 9.93. The fourth-order valence-corrected chi connectivity index (χ4v) is 4.37. The Labute approximate surface area is 225 Å². The Morgan fingerprint density at radius 2 is 1.59 bits per heavy atom. The lowest BCUT2D eigenvalue weighted by Gasteiger charge is -2.35. The summed E-state index contributed by atoms with van der Waals surface area (Å²) < 4.78 is 0. The zero-order valence-corrected chi connectivity index (χ0v) is 22.7. The number of piperazine rings is 1. The molecule has 4 amide bonds. The SMILES string of the molecule is CC(C)(C)NC(=O)c1cccc(CN2CCN(C(=O)c3ccc(NC(=O)NC4CCC4)cc3)CC2)c1.Cl. The largest absolute Gasteiger partial charge is 0.347 e. The summed E-state index contributed by atoms with van der Waals surface area (Å²) in [7, 11) is 0. The van der Waals surface area contributed by atoms with Crippen molar-refractivity contribution in [3.05, 3.63) is 65.2 Å². The van der Waals surface area contributed by atoms with Gasteiger partial charge in [0, 0.05) is 61.1 Å². The highest BCUT2D eigenvalue weighted by Gasteiger charge is 2.23. The molecule has 200 valence electrons. The van der Waals surface area contributed by atoms with Crippen molar-refractivity contribution in [1.82, 2.24) is 20.4 Å². The van der Waals surface area contributed by atoms with Gasteiger partial charge in [-0.25, -0.2) is 4.79 Å². The molecule has 0 unspecified atom stereocenters. The summed E-state index contributed by atoms with van der Waals surface area (Å²) in [4.78, 5) is 41.7. The first-order valence-electron chi connectivity index (χ1n) is 12.8. The number of anilines is 1. The van der Waals surface area contributed by atoms with E-state index in [-0.39, 0.29) is 41.8 Å². The quantitative estimate of drug-likeness (QED) is 0.523. The molecular weight excluding hydrogens is 490 g/mol. The maximum Gasteiger partial charge on any atom is 0.319 e. The van der Waals surface area contributed by atoms with Crippen LogP contribution in [0.4, 0.5) is 10.5 Å². The van der Waals surface area contributed by atoms with Gasteiger partial charge in [-0.1, -0.05) is 12.1 Å². The molecule has 0 radical (unpaired) electrons. The molecule has 0 aromatic heterocycles. The normalized spacial score (nSPS) is 16.2. The third-order valence-corrected chi connectivity index (χ3v) is 6.57. The van der Waals surface area contributed by atoms with Crippen molar-refractivity contribution in [2.45, 2.75) is 58.2 Å². The van der Waals surface area contributed by atoms with Gasteiger partial charge >= 0.3 is 6.03 Å². The highest BCUT2D eigenvalue weighted by atomic mass is 35.5. The van der Waals surface area contributed by atoms with Crippen LogP contribution in [-0.2, 0) is 6.54 Å². The maximum atomic E-state index is 13.0. The standard InChI is InChI=1S/C28H37N5O3.ClH/c1-28(2,3)31-25(34)22-7-4-6-20(18-22)19-32-14-16-33(17-15-32)26(35)21-10-12-24(13-11-21)30-27(36)29-23-8-5-9-23;/h4,6-7,10-13,18,23H,5,8-9,14-17,19H2,1-3H3,(H,31,34)(H2,29,30,36);1H. The lowest BCUT2D eigenvalue weighted by molar-refractivity contribution is 0.0628. The van der Waals surface area contributed by atoms with E-state index in [1.54, 1.807) is 24.3 Å². The lowest BCUT2D eigenvalue weighted by Crippen LogP contribution is -2.48. The van der Waals surface area contributed by atoms with Crippen molar-refractivity contribution in [2.75, 3.05) is 31.5 Å². The number of urea groups is 1. The fourth-order valence-electron chi connectivity index (χ4n) is 4.37. The summed E-state index contributed by atoms with van der Waals surface area (Å²) in [5.41, 5.74) is 2.75. The Kier molecular flexibility index (Phi) is 9.56. The van der Waals surface area contributed by atoms with Crippen molar-refractivity contribution in [2.24, 2.45) is 0 Å². The number of carbonyl (C=O) groups is 3. The van der Waals surface area contributed by atoms with E-state index in [1.807, 2.05) is 49.9 Å². The predicted octanol–water partition coefficient (Wildman–Crippen LogP) is 4.27. The summed E-state index contributed by atoms with van der Waals surface area (Å²) in [5, 5.41) is 8.78. The third kappa shape index (κ3) is 8.20. The number of carbonyl (C=O) groups excluding carboxylic acids is 3. The van der Waals surface area contributed by atoms with Gasteiger partial charge in [0.25, 0.3) is 11.8 Å². The zero-order valence-electron chi connectivity index (χ0n) is 21.9. The van der Waals surface area contributed by atoms with Gasteiger partial charge in [-0.3, -0.25) is 14.5 Å². The van der Waals surface area contributed by atoms with Crippen LogP contribution in [0, 0.1) is 0 Å². The number of nitrogens with zero attached hydrogens (tertiary/aromatic N) is 2. The molecule has 0 atom stereocenters. The van der Waals surface area contributed by atoms with Crippen LogP contribution in [0.1, 0.15) is 66.3 Å². The van der Waals surface area contributed by atoms with Crippen molar-refractivity contribution in [3.63, 3.8) is 0 Å². The molecule has 1 aliphatic heterocycles. The second-order valence-electron chi connectivity index (χ2n) is 10.8. The Bertz CT molecular complexity index is 1090. The van der Waals surface area contributed by atoms with Crippen LogP contribution >= 0.6 is 12.4 Å². The molecule has 1 heterocycles. The third-order valence-electron chi connectivity index (χ3n) is 6.57. The Morgan fingerprint density at radius 3 is 2.19 bits per heavy atom. The monoisotopic (exact) mass is 527 g/mol. The van der Waals surface area contributed by atoms with Gasteiger partial charge in [0.15, 0.2) is 0 Å². The Morgan fingerprint density at radius 1 is 0.919 bits per heavy atom. The van der Waals surface area contributed by atoms with E-state index >= 15 is 0 Å². The molecule has 37 heavy (non-hydrogen) atoms.